The van der Waals surface area contributed by atoms with E-state index in [2.05, 4.69) is 131 Å². The van der Waals surface area contributed by atoms with Crippen LogP contribution in [0.2, 0.25) is 44.3 Å². The summed E-state index contributed by atoms with van der Waals surface area (Å²) in [5, 5.41) is 2.88. The number of imidazole rings is 1. The summed E-state index contributed by atoms with van der Waals surface area (Å²) in [6.45, 7) is 37.0. The third-order valence-electron chi connectivity index (χ3n) is 13.2. The van der Waals surface area contributed by atoms with Gasteiger partial charge in [0, 0.05) is 5.56 Å². The molecule has 0 unspecified atom stereocenters. The molecule has 1 amide bonds. The summed E-state index contributed by atoms with van der Waals surface area (Å²) in [5.74, 6) is -1.49. The molecule has 1 aromatic carbocycles. The molecule has 12 nitrogen and oxygen atoms in total. The number of ketones is 1. The molecule has 2 aromatic heterocycles. The minimum Gasteiger partial charge on any atom is -0.348 e. The number of benzene rings is 1. The van der Waals surface area contributed by atoms with Crippen LogP contribution in [0.1, 0.15) is 138 Å². The van der Waals surface area contributed by atoms with Crippen LogP contribution in [-0.4, -0.2) is 82.3 Å². The van der Waals surface area contributed by atoms with Crippen LogP contribution in [0.15, 0.2) is 36.9 Å². The van der Waals surface area contributed by atoms with Gasteiger partial charge in [0.25, 0.3) is 5.91 Å². The molecule has 0 saturated carbocycles. The summed E-state index contributed by atoms with van der Waals surface area (Å²) in [6.07, 6.45) is 0.357. The van der Waals surface area contributed by atoms with Crippen molar-refractivity contribution >= 4 is 61.0 Å². The lowest BCUT2D eigenvalue weighted by molar-refractivity contribution is -0.291. The van der Waals surface area contributed by atoms with Crippen molar-refractivity contribution < 1.29 is 33.3 Å². The van der Waals surface area contributed by atoms with Gasteiger partial charge in [-0.1, -0.05) is 151 Å². The number of anilines is 1. The van der Waals surface area contributed by atoms with Gasteiger partial charge in [-0.05, 0) is 28.2 Å². The van der Waals surface area contributed by atoms with E-state index in [1.54, 1.807) is 35.2 Å². The molecular weight excluding hydrogens is 799 g/mol. The Balaban J connectivity index is 1.68. The molecule has 5 rings (SSSR count). The third-order valence-corrected chi connectivity index (χ3v) is 51.9. The smallest absolute Gasteiger partial charge is 0.257 e. The lowest BCUT2D eigenvalue weighted by Gasteiger charge is -2.47. The van der Waals surface area contributed by atoms with Crippen LogP contribution in [0.25, 0.3) is 11.2 Å². The van der Waals surface area contributed by atoms with Gasteiger partial charge in [-0.3, -0.25) is 23.3 Å². The fourth-order valence-electron chi connectivity index (χ4n) is 11.2. The highest BCUT2D eigenvalue weighted by molar-refractivity contribution is 7.32. The Morgan fingerprint density at radius 3 is 1.76 bits per heavy atom. The number of hydrogen-bond acceptors (Lipinski definition) is 10. The monoisotopic (exact) mass is 869 g/mol. The topological polar surface area (TPSA) is 136 Å². The maximum atomic E-state index is 15.3. The number of rotatable bonds is 17. The van der Waals surface area contributed by atoms with Gasteiger partial charge < -0.3 is 10.1 Å². The fraction of sp³-hybridized carbons (Fsp3) is 0.690. The van der Waals surface area contributed by atoms with Crippen molar-refractivity contribution in [2.75, 3.05) is 11.9 Å². The number of hydrogen-bond donors (Lipinski definition) is 1. The Labute approximate surface area is 351 Å². The molecule has 1 N–H and O–H groups in total. The van der Waals surface area contributed by atoms with Crippen molar-refractivity contribution in [2.45, 2.75) is 174 Å². The zero-order chi connectivity index (χ0) is 43.0. The van der Waals surface area contributed by atoms with Crippen LogP contribution in [0.4, 0.5) is 5.82 Å². The molecule has 58 heavy (non-hydrogen) atoms. The quantitative estimate of drug-likeness (QED) is 0.0794. The second-order valence-electron chi connectivity index (χ2n) is 19.4. The molecule has 3 aromatic rings. The van der Waals surface area contributed by atoms with Crippen LogP contribution in [0.5, 0.6) is 0 Å². The summed E-state index contributed by atoms with van der Waals surface area (Å²) < 4.78 is 22.9. The molecule has 322 valence electrons. The summed E-state index contributed by atoms with van der Waals surface area (Å²) in [6, 6.07) is 6.87. The van der Waals surface area contributed by atoms with Gasteiger partial charge in [-0.15, -0.1) is 0 Å². The van der Waals surface area contributed by atoms with E-state index in [0.29, 0.717) is 44.4 Å². The van der Waals surface area contributed by atoms with E-state index in [4.69, 9.17) is 23.7 Å². The van der Waals surface area contributed by atoms with Crippen molar-refractivity contribution in [3.8, 4) is 0 Å². The molecule has 1 fully saturated rings. The Hall–Kier alpha value is -2.42. The SMILES string of the molecule is CC(C)[SiH](C(C)C)[Si](OOC[C@H]1O[C@@H]2[C@H](C(=O)c3ccccc3C(=O)Nc3ncnc4c3ncn42)[C@@H]1OO[Si](C(C)C)(C(C)C)[SiH](C(C)C)C(C)C)(C(C)C)C(C)C. The Morgan fingerprint density at radius 1 is 0.724 bits per heavy atom. The molecule has 2 aliphatic rings. The van der Waals surface area contributed by atoms with E-state index in [0.717, 1.165) is 0 Å². The Bertz CT molecular complexity index is 1850. The Morgan fingerprint density at radius 2 is 1.24 bits per heavy atom. The molecule has 2 aliphatic heterocycles. The average molecular weight is 870 g/mol. The lowest BCUT2D eigenvalue weighted by atomic mass is 9.88. The predicted octanol–water partition coefficient (Wildman–Crippen LogP) is 9.84. The predicted molar refractivity (Wildman–Crippen MR) is 241 cm³/mol. The molecule has 4 atom stereocenters. The van der Waals surface area contributed by atoms with E-state index >= 15 is 4.79 Å². The zero-order valence-corrected chi connectivity index (χ0v) is 42.2. The van der Waals surface area contributed by atoms with Crippen molar-refractivity contribution in [3.05, 3.63) is 48.0 Å². The first kappa shape index (κ1) is 46.6. The van der Waals surface area contributed by atoms with Gasteiger partial charge in [-0.25, -0.2) is 24.7 Å². The molecule has 4 bridgehead atoms. The van der Waals surface area contributed by atoms with Crippen molar-refractivity contribution in [1.82, 2.24) is 19.5 Å². The first-order valence-electron chi connectivity index (χ1n) is 21.7. The number of fused-ring (bicyclic) bond motifs is 3. The highest BCUT2D eigenvalue weighted by Gasteiger charge is 2.58. The number of ether oxygens (including phenoxy) is 1. The summed E-state index contributed by atoms with van der Waals surface area (Å²) in [4.78, 5) is 56.3. The van der Waals surface area contributed by atoms with Crippen molar-refractivity contribution in [1.29, 1.82) is 0 Å². The first-order chi connectivity index (χ1) is 27.2. The molecule has 0 radical (unpaired) electrons. The standard InChI is InChI=1S/C42H71N5O7Si4/c1-24(2)55(25(3)4)57(28(9)10,29(11)12)53-50-21-34-38(52-54-58(30(13)14,31(15)16)56(26(5)6)27(7)8)35-37(48)32-19-17-18-20-33(32)41(49)46-39-36-40(44-22-43-39)47(23-45-36)42(35)51-34/h17-20,22-31,34-35,38,42,55-56H,21H2,1-16H3,(H,43,44,46,49)/t34-,35-,38-,42-/m1/s1. The number of carbonyl (C=O) groups is 2. The summed E-state index contributed by atoms with van der Waals surface area (Å²) in [7, 11) is -8.22. The number of carbonyl (C=O) groups excluding carboxylic acids is 2. The van der Waals surface area contributed by atoms with Gasteiger partial charge >= 0.3 is 0 Å². The van der Waals surface area contributed by atoms with E-state index in [9.17, 15) is 4.79 Å². The van der Waals surface area contributed by atoms with Gasteiger partial charge in [-0.2, -0.15) is 0 Å². The number of Topliss-reactive ketones (excluding diaryl/α,β-unsaturated/α-hetero) is 1. The van der Waals surface area contributed by atoms with Gasteiger partial charge in [0.1, 0.15) is 31.4 Å². The maximum Gasteiger partial charge on any atom is 0.257 e. The highest BCUT2D eigenvalue weighted by atomic mass is 29.2. The summed E-state index contributed by atoms with van der Waals surface area (Å²) >= 11 is 0. The largest absolute Gasteiger partial charge is 0.348 e. The van der Waals surface area contributed by atoms with E-state index in [1.807, 2.05) is 0 Å². The van der Waals surface area contributed by atoms with E-state index < -0.39 is 62.6 Å². The average Bonchev–Trinajstić information content (AvgIpc) is 3.72. The number of nitrogens with one attached hydrogen (secondary N) is 1. The van der Waals surface area contributed by atoms with Crippen LogP contribution < -0.4 is 5.32 Å². The second kappa shape index (κ2) is 18.7. The van der Waals surface area contributed by atoms with Crippen LogP contribution >= 0.6 is 0 Å². The second-order valence-corrected chi connectivity index (χ2v) is 44.6. The van der Waals surface area contributed by atoms with Crippen LogP contribution in [0.3, 0.4) is 0 Å². The van der Waals surface area contributed by atoms with Crippen LogP contribution in [-0.2, 0) is 23.7 Å². The maximum absolute atomic E-state index is 15.3. The molecule has 16 heteroatoms. The number of nitrogens with zero attached hydrogens (tertiary/aromatic N) is 4. The molecule has 0 spiro atoms. The molecule has 0 aliphatic carbocycles. The minimum atomic E-state index is -2.64. The lowest BCUT2D eigenvalue weighted by Crippen LogP contribution is -2.62. The zero-order valence-electron chi connectivity index (χ0n) is 37.9. The Kier molecular flexibility index (Phi) is 15.0. The van der Waals surface area contributed by atoms with Crippen LogP contribution in [0, 0.1) is 5.92 Å². The highest BCUT2D eigenvalue weighted by Crippen LogP contribution is 2.48. The molecule has 1 saturated heterocycles. The van der Waals surface area contributed by atoms with Gasteiger partial charge in [0.2, 0.25) is 15.7 Å². The molecule has 4 heterocycles. The van der Waals surface area contributed by atoms with Gasteiger partial charge in [0.15, 0.2) is 22.8 Å². The summed E-state index contributed by atoms with van der Waals surface area (Å²) in [5.41, 5.74) is 4.45. The first-order valence-corrected chi connectivity index (χ1v) is 32.1. The third kappa shape index (κ3) is 8.43. The fourth-order valence-corrected chi connectivity index (χ4v) is 48.5. The van der Waals surface area contributed by atoms with Crippen molar-refractivity contribution in [3.63, 3.8) is 0 Å². The normalized spacial score (nSPS) is 20.7. The van der Waals surface area contributed by atoms with Crippen molar-refractivity contribution in [2.24, 2.45) is 5.92 Å². The van der Waals surface area contributed by atoms with Gasteiger partial charge in [0.05, 0.1) is 34.4 Å². The van der Waals surface area contributed by atoms with E-state index in [-0.39, 0.29) is 40.4 Å². The molecular formula is C42H71N5O7Si4. The number of aromatic nitrogens is 4. The number of amides is 1. The minimum absolute atomic E-state index is 0.0158. The van der Waals surface area contributed by atoms with E-state index in [1.165, 1.54) is 6.33 Å².